The third-order valence-electron chi connectivity index (χ3n) is 2.92. The minimum absolute atomic E-state index is 0.477. The summed E-state index contributed by atoms with van der Waals surface area (Å²) >= 11 is 0. The predicted molar refractivity (Wildman–Crippen MR) is 77.9 cm³/mol. The maximum atomic E-state index is 4.46. The van der Waals surface area contributed by atoms with Crippen molar-refractivity contribution in [3.63, 3.8) is 0 Å². The molecule has 0 aliphatic carbocycles. The lowest BCUT2D eigenvalue weighted by molar-refractivity contribution is 0.758. The average molecular weight is 284 g/mol. The first-order chi connectivity index (χ1) is 10.3. The van der Waals surface area contributed by atoms with E-state index in [0.29, 0.717) is 17.7 Å². The second kappa shape index (κ2) is 5.70. The number of aryl methyl sites for hydroxylation is 1. The zero-order valence-electron chi connectivity index (χ0n) is 11.9. The largest absolute Gasteiger partial charge is 0.354 e. The zero-order valence-corrected chi connectivity index (χ0v) is 11.9. The lowest BCUT2D eigenvalue weighted by Gasteiger charge is -2.08. The lowest BCUT2D eigenvalue weighted by Crippen LogP contribution is -2.11. The highest BCUT2D eigenvalue weighted by Crippen LogP contribution is 2.16. The Morgan fingerprint density at radius 1 is 1.14 bits per heavy atom. The van der Waals surface area contributed by atoms with Gasteiger partial charge in [0.1, 0.15) is 5.69 Å². The van der Waals surface area contributed by atoms with Crippen LogP contribution in [0.4, 0.5) is 5.95 Å². The molecule has 0 unspecified atom stereocenters. The first kappa shape index (κ1) is 13.2. The maximum absolute atomic E-state index is 4.46. The van der Waals surface area contributed by atoms with Gasteiger partial charge in [0.25, 0.3) is 5.95 Å². The van der Waals surface area contributed by atoms with E-state index in [1.807, 2.05) is 19.2 Å². The summed E-state index contributed by atoms with van der Waals surface area (Å²) in [5.41, 5.74) is 0.824. The summed E-state index contributed by atoms with van der Waals surface area (Å²) in [5, 5.41) is 11.5. The van der Waals surface area contributed by atoms with Crippen LogP contribution in [0.2, 0.25) is 0 Å². The normalized spacial score (nSPS) is 10.8. The molecule has 108 valence electrons. The molecule has 0 aliphatic heterocycles. The van der Waals surface area contributed by atoms with Crippen LogP contribution in [0.3, 0.4) is 0 Å². The first-order valence-corrected chi connectivity index (χ1v) is 6.76. The first-order valence-electron chi connectivity index (χ1n) is 6.76. The van der Waals surface area contributed by atoms with Gasteiger partial charge in [0, 0.05) is 32.2 Å². The monoisotopic (exact) mass is 284 g/mol. The van der Waals surface area contributed by atoms with Crippen molar-refractivity contribution >= 4 is 5.95 Å². The van der Waals surface area contributed by atoms with Crippen LogP contribution >= 0.6 is 0 Å². The van der Waals surface area contributed by atoms with E-state index in [2.05, 4.69) is 37.4 Å². The highest BCUT2D eigenvalue weighted by atomic mass is 15.4. The van der Waals surface area contributed by atoms with Gasteiger partial charge in [-0.2, -0.15) is 25.1 Å². The maximum Gasteiger partial charge on any atom is 0.255 e. The molecule has 0 saturated heterocycles. The predicted octanol–water partition coefficient (Wildman–Crippen LogP) is 1.28. The zero-order chi connectivity index (χ0) is 14.7. The molecule has 0 bridgehead atoms. The standard InChI is InChI=1S/C13H16N8/c1-3-6-14-12-17-11(10-5-8-15-20(10)2)18-13(19-12)21-9-4-7-16-21/h4-5,7-9H,3,6H2,1-2H3,(H,14,17,18,19). The fourth-order valence-corrected chi connectivity index (χ4v) is 1.88. The molecule has 3 rings (SSSR count). The Kier molecular flexibility index (Phi) is 3.59. The average Bonchev–Trinajstić information content (AvgIpc) is 3.16. The van der Waals surface area contributed by atoms with E-state index in [-0.39, 0.29) is 0 Å². The van der Waals surface area contributed by atoms with E-state index in [0.717, 1.165) is 18.7 Å². The topological polar surface area (TPSA) is 86.3 Å². The Bertz CT molecular complexity index is 716. The molecule has 0 amide bonds. The summed E-state index contributed by atoms with van der Waals surface area (Å²) in [6.45, 7) is 2.89. The number of nitrogens with zero attached hydrogens (tertiary/aromatic N) is 7. The molecule has 0 aromatic carbocycles. The lowest BCUT2D eigenvalue weighted by atomic mass is 10.4. The van der Waals surface area contributed by atoms with Crippen molar-refractivity contribution in [3.8, 4) is 17.5 Å². The molecule has 1 N–H and O–H groups in total. The molecule has 0 spiro atoms. The molecule has 0 aliphatic rings. The molecule has 3 aromatic heterocycles. The molecular formula is C13H16N8. The summed E-state index contributed by atoms with van der Waals surface area (Å²) in [6, 6.07) is 3.69. The van der Waals surface area contributed by atoms with Crippen molar-refractivity contribution in [1.82, 2.24) is 34.5 Å². The molecule has 0 fully saturated rings. The van der Waals surface area contributed by atoms with Crippen molar-refractivity contribution in [1.29, 1.82) is 0 Å². The van der Waals surface area contributed by atoms with Crippen molar-refractivity contribution in [2.24, 2.45) is 7.05 Å². The molecule has 0 saturated carbocycles. The summed E-state index contributed by atoms with van der Waals surface area (Å²) in [7, 11) is 1.85. The van der Waals surface area contributed by atoms with Gasteiger partial charge in [0.15, 0.2) is 5.82 Å². The third-order valence-corrected chi connectivity index (χ3v) is 2.92. The van der Waals surface area contributed by atoms with Crippen molar-refractivity contribution in [3.05, 3.63) is 30.7 Å². The van der Waals surface area contributed by atoms with Crippen LogP contribution in [0.15, 0.2) is 30.7 Å². The van der Waals surface area contributed by atoms with E-state index < -0.39 is 0 Å². The Hall–Kier alpha value is -2.77. The molecule has 3 aromatic rings. The highest BCUT2D eigenvalue weighted by molar-refractivity contribution is 5.52. The van der Waals surface area contributed by atoms with Gasteiger partial charge in [-0.05, 0) is 18.6 Å². The molecule has 3 heterocycles. The third kappa shape index (κ3) is 2.73. The van der Waals surface area contributed by atoms with E-state index in [9.17, 15) is 0 Å². The number of hydrogen-bond acceptors (Lipinski definition) is 6. The summed E-state index contributed by atoms with van der Waals surface area (Å²) in [4.78, 5) is 13.3. The van der Waals surface area contributed by atoms with Gasteiger partial charge in [0.2, 0.25) is 5.95 Å². The second-order valence-corrected chi connectivity index (χ2v) is 4.50. The van der Waals surface area contributed by atoms with Crippen LogP contribution in [0.5, 0.6) is 0 Å². The second-order valence-electron chi connectivity index (χ2n) is 4.50. The van der Waals surface area contributed by atoms with E-state index in [1.165, 1.54) is 0 Å². The van der Waals surface area contributed by atoms with Gasteiger partial charge in [-0.3, -0.25) is 4.68 Å². The van der Waals surface area contributed by atoms with Crippen LogP contribution in [0.25, 0.3) is 17.5 Å². The molecular weight excluding hydrogens is 268 g/mol. The van der Waals surface area contributed by atoms with Gasteiger partial charge in [-0.25, -0.2) is 4.68 Å². The van der Waals surface area contributed by atoms with Gasteiger partial charge in [0.05, 0.1) is 0 Å². The fraction of sp³-hybridized carbons (Fsp3) is 0.308. The van der Waals surface area contributed by atoms with Crippen molar-refractivity contribution in [2.75, 3.05) is 11.9 Å². The Labute approximate surface area is 121 Å². The molecule has 8 heteroatoms. The van der Waals surface area contributed by atoms with Crippen LogP contribution in [-0.4, -0.2) is 41.1 Å². The Balaban J connectivity index is 2.07. The summed E-state index contributed by atoms with van der Waals surface area (Å²) < 4.78 is 3.34. The van der Waals surface area contributed by atoms with Crippen LogP contribution in [-0.2, 0) is 7.05 Å². The van der Waals surface area contributed by atoms with E-state index in [4.69, 9.17) is 0 Å². The SMILES string of the molecule is CCCNc1nc(-c2ccnn2C)nc(-n2cccn2)n1. The fourth-order valence-electron chi connectivity index (χ4n) is 1.88. The van der Waals surface area contributed by atoms with Crippen LogP contribution in [0, 0.1) is 0 Å². The number of rotatable bonds is 5. The summed E-state index contributed by atoms with van der Waals surface area (Å²) in [6.07, 6.45) is 6.19. The van der Waals surface area contributed by atoms with E-state index >= 15 is 0 Å². The minimum Gasteiger partial charge on any atom is -0.354 e. The van der Waals surface area contributed by atoms with Gasteiger partial charge in [-0.1, -0.05) is 6.92 Å². The van der Waals surface area contributed by atoms with Gasteiger partial charge in [-0.15, -0.1) is 0 Å². The molecule has 0 radical (unpaired) electrons. The minimum atomic E-state index is 0.477. The van der Waals surface area contributed by atoms with Gasteiger partial charge >= 0.3 is 0 Å². The molecule has 8 nitrogen and oxygen atoms in total. The Morgan fingerprint density at radius 2 is 2.05 bits per heavy atom. The van der Waals surface area contributed by atoms with E-state index in [1.54, 1.807) is 28.0 Å². The number of anilines is 1. The van der Waals surface area contributed by atoms with Crippen molar-refractivity contribution < 1.29 is 0 Å². The molecule has 21 heavy (non-hydrogen) atoms. The molecule has 0 atom stereocenters. The smallest absolute Gasteiger partial charge is 0.255 e. The van der Waals surface area contributed by atoms with Crippen LogP contribution < -0.4 is 5.32 Å². The van der Waals surface area contributed by atoms with Crippen LogP contribution in [0.1, 0.15) is 13.3 Å². The highest BCUT2D eigenvalue weighted by Gasteiger charge is 2.12. The quantitative estimate of drug-likeness (QED) is 0.759. The summed E-state index contributed by atoms with van der Waals surface area (Å²) in [5.74, 6) is 1.58. The van der Waals surface area contributed by atoms with Gasteiger partial charge < -0.3 is 5.32 Å². The number of hydrogen-bond donors (Lipinski definition) is 1. The number of aromatic nitrogens is 7. The Morgan fingerprint density at radius 3 is 2.71 bits per heavy atom. The number of nitrogens with one attached hydrogen (secondary N) is 1. The van der Waals surface area contributed by atoms with Crippen molar-refractivity contribution in [2.45, 2.75) is 13.3 Å².